The van der Waals surface area contributed by atoms with E-state index in [4.69, 9.17) is 31.5 Å². The van der Waals surface area contributed by atoms with E-state index in [0.29, 0.717) is 24.6 Å². The van der Waals surface area contributed by atoms with E-state index < -0.39 is 61.1 Å². The lowest BCUT2D eigenvalue weighted by atomic mass is 9.98. The molecule has 0 saturated carbocycles. The smallest absolute Gasteiger partial charge is 0.326 e. The minimum absolute atomic E-state index is 0.0388. The zero-order valence-electron chi connectivity index (χ0n) is 24.2. The van der Waals surface area contributed by atoms with E-state index in [9.17, 15) is 34.5 Å². The molecular formula is C26H38N8O11. The first kappa shape index (κ1) is 35.0. The average molecular weight is 639 g/mol. The summed E-state index contributed by atoms with van der Waals surface area (Å²) in [5.41, 5.74) is 11.9. The molecule has 1 aromatic carbocycles. The molecule has 1 amide bonds. The molecule has 0 bridgehead atoms. The van der Waals surface area contributed by atoms with Crippen molar-refractivity contribution in [3.8, 4) is 0 Å². The van der Waals surface area contributed by atoms with Gasteiger partial charge in [0.05, 0.1) is 18.7 Å². The van der Waals surface area contributed by atoms with Crippen LogP contribution in [0, 0.1) is 0 Å². The van der Waals surface area contributed by atoms with E-state index in [2.05, 4.69) is 25.9 Å². The Morgan fingerprint density at radius 3 is 2.42 bits per heavy atom. The number of ether oxygens (including phenoxy) is 1. The number of H-pyrrole nitrogens is 1. The Labute approximate surface area is 255 Å². The number of aliphatic hydroxyl groups is 4. The van der Waals surface area contributed by atoms with E-state index in [1.54, 1.807) is 19.2 Å². The number of aromatic amines is 1. The molecule has 248 valence electrons. The van der Waals surface area contributed by atoms with E-state index in [1.807, 2.05) is 4.90 Å². The van der Waals surface area contributed by atoms with Gasteiger partial charge in [0.15, 0.2) is 12.1 Å². The normalized spacial score (nSPS) is 24.6. The maximum absolute atomic E-state index is 12.3. The lowest BCUT2D eigenvalue weighted by Crippen LogP contribution is -2.61. The minimum Gasteiger partial charge on any atom is -0.481 e. The molecule has 0 radical (unpaired) electrons. The van der Waals surface area contributed by atoms with Crippen LogP contribution in [0.1, 0.15) is 23.2 Å². The van der Waals surface area contributed by atoms with Crippen LogP contribution in [0.5, 0.6) is 0 Å². The third kappa shape index (κ3) is 9.00. The molecular weight excluding hydrogens is 600 g/mol. The van der Waals surface area contributed by atoms with Crippen LogP contribution in [0.4, 0.5) is 23.1 Å². The number of benzene rings is 1. The van der Waals surface area contributed by atoms with Gasteiger partial charge in [0.2, 0.25) is 5.95 Å². The summed E-state index contributed by atoms with van der Waals surface area (Å²) in [4.78, 5) is 54.9. The summed E-state index contributed by atoms with van der Waals surface area (Å²) >= 11 is 0. The quantitative estimate of drug-likeness (QED) is 0.120. The number of rotatable bonds is 10. The number of amides is 1. The van der Waals surface area contributed by atoms with Gasteiger partial charge in [-0.1, -0.05) is 0 Å². The largest absolute Gasteiger partial charge is 0.481 e. The molecule has 14 N–H and O–H groups in total. The van der Waals surface area contributed by atoms with E-state index in [0.717, 1.165) is 5.69 Å². The number of hydrogen-bond acceptors (Lipinski definition) is 15. The third-order valence-corrected chi connectivity index (χ3v) is 7.21. The van der Waals surface area contributed by atoms with Crippen molar-refractivity contribution in [2.75, 3.05) is 48.0 Å². The second-order valence-corrected chi connectivity index (χ2v) is 10.4. The summed E-state index contributed by atoms with van der Waals surface area (Å²) in [6.45, 7) is 0.538. The van der Waals surface area contributed by atoms with E-state index in [1.165, 1.54) is 12.1 Å². The number of aromatic nitrogens is 2. The summed E-state index contributed by atoms with van der Waals surface area (Å²) in [5, 5.41) is 62.6. The van der Waals surface area contributed by atoms with Gasteiger partial charge in [0.1, 0.15) is 30.0 Å². The molecule has 45 heavy (non-hydrogen) atoms. The average Bonchev–Trinajstić information content (AvgIpc) is 2.99. The number of hydrogen-bond donors (Lipinski definition) is 12. The second-order valence-electron chi connectivity index (χ2n) is 10.4. The number of aliphatic hydroxyl groups excluding tert-OH is 4. The monoisotopic (exact) mass is 638 g/mol. The molecule has 2 aliphatic heterocycles. The third-order valence-electron chi connectivity index (χ3n) is 7.21. The van der Waals surface area contributed by atoms with Gasteiger partial charge >= 0.3 is 11.9 Å². The zero-order valence-corrected chi connectivity index (χ0v) is 24.2. The highest BCUT2D eigenvalue weighted by atomic mass is 16.6. The highest BCUT2D eigenvalue weighted by Crippen LogP contribution is 2.25. The number of likely N-dealkylation sites (N-methyl/N-ethyl adjacent to an activating group) is 1. The van der Waals surface area contributed by atoms with Crippen LogP contribution in [0.3, 0.4) is 0 Å². The fourth-order valence-corrected chi connectivity index (χ4v) is 4.54. The predicted molar refractivity (Wildman–Crippen MR) is 159 cm³/mol. The van der Waals surface area contributed by atoms with Gasteiger partial charge in [0, 0.05) is 37.8 Å². The number of nitrogens with zero attached hydrogens (tertiary/aromatic N) is 2. The van der Waals surface area contributed by atoms with Gasteiger partial charge in [-0.15, -0.1) is 0 Å². The molecule has 0 spiro atoms. The van der Waals surface area contributed by atoms with Crippen molar-refractivity contribution < 1.29 is 49.8 Å². The van der Waals surface area contributed by atoms with E-state index in [-0.39, 0.29) is 36.0 Å². The fourth-order valence-electron chi connectivity index (χ4n) is 4.54. The van der Waals surface area contributed by atoms with Crippen molar-refractivity contribution in [3.05, 3.63) is 40.2 Å². The van der Waals surface area contributed by atoms with Gasteiger partial charge in [-0.05, 0) is 30.7 Å². The Morgan fingerprint density at radius 2 is 1.82 bits per heavy atom. The lowest BCUT2D eigenvalue weighted by Gasteiger charge is -2.38. The van der Waals surface area contributed by atoms with Crippen LogP contribution in [0.25, 0.3) is 0 Å². The Morgan fingerprint density at radius 1 is 1.16 bits per heavy atom. The molecule has 1 saturated heterocycles. The Bertz CT molecular complexity index is 1390. The maximum Gasteiger partial charge on any atom is 0.326 e. The predicted octanol–water partition coefficient (Wildman–Crippen LogP) is -3.51. The topological polar surface area (TPSA) is 319 Å². The number of anilines is 4. The van der Waals surface area contributed by atoms with Gasteiger partial charge < -0.3 is 67.7 Å². The lowest BCUT2D eigenvalue weighted by molar-refractivity contribution is -0.248. The zero-order chi connectivity index (χ0) is 33.4. The first-order chi connectivity index (χ1) is 21.2. The molecule has 3 heterocycles. The van der Waals surface area contributed by atoms with Crippen LogP contribution in [0.15, 0.2) is 29.1 Å². The number of carbonyl (C=O) groups is 3. The highest BCUT2D eigenvalue weighted by Gasteiger charge is 2.41. The van der Waals surface area contributed by atoms with Crippen LogP contribution < -0.4 is 37.9 Å². The van der Waals surface area contributed by atoms with Crippen molar-refractivity contribution in [1.82, 2.24) is 15.3 Å². The standard InChI is InChI=1S/C20H25N7O6.C6H13NO5/c1-27-12(9-23-16-15(27)18(31)26-20(21)25-16)8-22-11-4-2-10(3-5-11)17(30)24-13(19(32)33)6-7-14(28)29;7-3-5(10)4(9)2(1-8)12-6(3)11/h2-5,12-13,22H,6-9H2,1H3,(H,24,30)(H,28,29)(H,32,33)(H4,21,23,25,26,31);2-6,8-11H,1,7H2/t12?,13-;2-,3-,4-,5-,6?/m01/s1. The summed E-state index contributed by atoms with van der Waals surface area (Å²) in [7, 11) is 1.79. The van der Waals surface area contributed by atoms with Crippen molar-refractivity contribution in [2.45, 2.75) is 55.6 Å². The molecule has 19 heteroatoms. The molecule has 1 fully saturated rings. The molecule has 19 nitrogen and oxygen atoms in total. The van der Waals surface area contributed by atoms with Crippen molar-refractivity contribution in [1.29, 1.82) is 0 Å². The van der Waals surface area contributed by atoms with Crippen LogP contribution in [-0.2, 0) is 14.3 Å². The van der Waals surface area contributed by atoms with Crippen LogP contribution in [0.2, 0.25) is 0 Å². The highest BCUT2D eigenvalue weighted by molar-refractivity contribution is 5.97. The molecule has 0 aliphatic carbocycles. The number of aliphatic carboxylic acids is 2. The number of nitrogens with one attached hydrogen (secondary N) is 4. The second kappa shape index (κ2) is 15.5. The summed E-state index contributed by atoms with van der Waals surface area (Å²) in [6.07, 6.45) is -5.44. The molecule has 1 aromatic heterocycles. The number of nitrogens with two attached hydrogens (primary N) is 2. The summed E-state index contributed by atoms with van der Waals surface area (Å²) in [6, 6.07) is 3.99. The Balaban J connectivity index is 0.000000385. The molecule has 2 unspecified atom stereocenters. The van der Waals surface area contributed by atoms with Gasteiger partial charge in [-0.3, -0.25) is 19.4 Å². The SMILES string of the molecule is CN1c2c(nc(N)[nH]c2=O)NCC1CNc1ccc(C(=O)N[C@@H](CCC(=O)O)C(=O)O)cc1.N[C@H]1C(O)O[C@H](CO)[C@@H](O)[C@@H]1O. The summed E-state index contributed by atoms with van der Waals surface area (Å²) in [5.74, 6) is -2.59. The van der Waals surface area contributed by atoms with Crippen LogP contribution >= 0.6 is 0 Å². The van der Waals surface area contributed by atoms with Gasteiger partial charge in [-0.2, -0.15) is 4.98 Å². The van der Waals surface area contributed by atoms with Crippen molar-refractivity contribution >= 4 is 41.0 Å². The Hall–Kier alpha value is -4.53. The molecule has 2 aliphatic rings. The van der Waals surface area contributed by atoms with Crippen molar-refractivity contribution in [3.63, 3.8) is 0 Å². The molecule has 4 rings (SSSR count). The molecule has 2 aromatic rings. The maximum atomic E-state index is 12.3. The number of nitrogen functional groups attached to an aromatic ring is 1. The number of carboxylic acid groups (broad SMARTS) is 2. The van der Waals surface area contributed by atoms with Gasteiger partial charge in [0.25, 0.3) is 11.5 Å². The number of fused-ring (bicyclic) bond motifs is 1. The van der Waals surface area contributed by atoms with Gasteiger partial charge in [-0.25, -0.2) is 4.79 Å². The van der Waals surface area contributed by atoms with Crippen molar-refractivity contribution in [2.24, 2.45) is 5.73 Å². The first-order valence-electron chi connectivity index (χ1n) is 13.7. The molecule has 7 atom stereocenters. The summed E-state index contributed by atoms with van der Waals surface area (Å²) < 4.78 is 4.70. The number of carbonyl (C=O) groups excluding carboxylic acids is 1. The first-order valence-corrected chi connectivity index (χ1v) is 13.7. The fraction of sp³-hybridized carbons (Fsp3) is 0.500. The Kier molecular flexibility index (Phi) is 12.0. The minimum atomic E-state index is -1.35. The van der Waals surface area contributed by atoms with E-state index >= 15 is 0 Å². The number of carboxylic acids is 2. The van der Waals surface area contributed by atoms with Crippen LogP contribution in [-0.4, -0.2) is 128 Å².